The summed E-state index contributed by atoms with van der Waals surface area (Å²) in [5, 5.41) is 17.2. The normalized spacial score (nSPS) is 10.8. The van der Waals surface area contributed by atoms with E-state index in [1.54, 1.807) is 14.2 Å². The lowest BCUT2D eigenvalue weighted by Gasteiger charge is -2.08. The second-order valence-electron chi connectivity index (χ2n) is 4.61. The highest BCUT2D eigenvalue weighted by molar-refractivity contribution is 5.73. The van der Waals surface area contributed by atoms with Crippen LogP contribution < -0.4 is 9.47 Å². The van der Waals surface area contributed by atoms with Gasteiger partial charge in [0, 0.05) is 6.61 Å². The van der Waals surface area contributed by atoms with E-state index in [4.69, 9.17) is 19.7 Å². The molecule has 1 unspecified atom stereocenters. The van der Waals surface area contributed by atoms with Gasteiger partial charge in [0.25, 0.3) is 0 Å². The molecule has 0 aromatic heterocycles. The molecule has 2 N–H and O–H groups in total. The van der Waals surface area contributed by atoms with Gasteiger partial charge in [0.2, 0.25) is 0 Å². The van der Waals surface area contributed by atoms with E-state index in [1.807, 2.05) is 18.2 Å². The lowest BCUT2D eigenvalue weighted by atomic mass is 10.1. The second-order valence-corrected chi connectivity index (χ2v) is 4.61. The summed E-state index contributed by atoms with van der Waals surface area (Å²) in [5.74, 6) is 0.859. The molecule has 130 valence electrons. The monoisotopic (exact) mass is 326 g/mol. The molecule has 0 aliphatic carbocycles. The molecule has 0 spiro atoms. The number of benzene rings is 1. The van der Waals surface area contributed by atoms with E-state index >= 15 is 0 Å². The Hall–Kier alpha value is -2.05. The summed E-state index contributed by atoms with van der Waals surface area (Å²) >= 11 is 0. The summed E-state index contributed by atoms with van der Waals surface area (Å²) < 4.78 is 14.7. The minimum Gasteiger partial charge on any atom is -0.493 e. The average molecular weight is 326 g/mol. The van der Waals surface area contributed by atoms with Crippen molar-refractivity contribution in [3.63, 3.8) is 0 Å². The highest BCUT2D eigenvalue weighted by atomic mass is 16.5. The number of hydrogen-bond acceptors (Lipinski definition) is 6. The Morgan fingerprint density at radius 2 is 1.96 bits per heavy atom. The van der Waals surface area contributed by atoms with Crippen LogP contribution in [0.2, 0.25) is 0 Å². The van der Waals surface area contributed by atoms with E-state index in [-0.39, 0.29) is 13.2 Å². The lowest BCUT2D eigenvalue weighted by Crippen LogP contribution is -2.19. The lowest BCUT2D eigenvalue weighted by molar-refractivity contribution is -0.151. The van der Waals surface area contributed by atoms with Crippen LogP contribution in [0, 0.1) is 0 Å². The zero-order chi connectivity index (χ0) is 17.7. The van der Waals surface area contributed by atoms with Crippen LogP contribution in [0.15, 0.2) is 30.9 Å². The molecule has 0 bridgehead atoms. The maximum atomic E-state index is 10.4. The molecular weight excluding hydrogens is 300 g/mol. The number of aryl methyl sites for hydroxylation is 1. The fraction of sp³-hybridized carbons (Fsp3) is 0.471. The third kappa shape index (κ3) is 8.85. The molecule has 1 atom stereocenters. The summed E-state index contributed by atoms with van der Waals surface area (Å²) in [6.45, 7) is 5.06. The number of methoxy groups -OCH3 is 2. The zero-order valence-electron chi connectivity index (χ0n) is 13.9. The molecule has 6 nitrogen and oxygen atoms in total. The van der Waals surface area contributed by atoms with E-state index in [9.17, 15) is 4.79 Å². The Kier molecular flexibility index (Phi) is 11.4. The summed E-state index contributed by atoms with van der Waals surface area (Å²) in [6, 6.07) is 5.80. The minimum atomic E-state index is -1.04. The Balaban J connectivity index is 0.000000468. The second kappa shape index (κ2) is 12.5. The number of hydrogen-bond donors (Lipinski definition) is 2. The Bertz CT molecular complexity index is 470. The number of aliphatic hydroxyl groups excluding tert-OH is 2. The van der Waals surface area contributed by atoms with Gasteiger partial charge in [-0.25, -0.2) is 4.79 Å². The van der Waals surface area contributed by atoms with Gasteiger partial charge >= 0.3 is 5.97 Å². The standard InChI is InChI=1S/C11H16O3.C6H10O3/c1-13-10-6-5-9(4-3-7-12)8-11(10)14-2;1-3-4-9-6(8)5(2)7/h5-6,8,12H,3-4,7H2,1-2H3;3,5,7H,1,4H2,2H3. The Morgan fingerprint density at radius 3 is 2.43 bits per heavy atom. The molecule has 0 radical (unpaired) electrons. The Labute approximate surface area is 137 Å². The number of aliphatic hydroxyl groups is 2. The minimum absolute atomic E-state index is 0.156. The molecule has 6 heteroatoms. The van der Waals surface area contributed by atoms with E-state index in [0.717, 1.165) is 29.9 Å². The summed E-state index contributed by atoms with van der Waals surface area (Å²) in [7, 11) is 3.24. The first kappa shape index (κ1) is 20.9. The van der Waals surface area contributed by atoms with Crippen LogP contribution in [-0.4, -0.2) is 49.7 Å². The van der Waals surface area contributed by atoms with Gasteiger partial charge in [-0.15, -0.1) is 0 Å². The van der Waals surface area contributed by atoms with Crippen molar-refractivity contribution in [2.45, 2.75) is 25.9 Å². The Morgan fingerprint density at radius 1 is 1.30 bits per heavy atom. The van der Waals surface area contributed by atoms with Gasteiger partial charge in [0.05, 0.1) is 14.2 Å². The van der Waals surface area contributed by atoms with Crippen LogP contribution in [0.5, 0.6) is 11.5 Å². The topological polar surface area (TPSA) is 85.2 Å². The first-order valence-corrected chi connectivity index (χ1v) is 7.27. The average Bonchev–Trinajstić information content (AvgIpc) is 2.57. The number of esters is 1. The van der Waals surface area contributed by atoms with E-state index in [0.29, 0.717) is 0 Å². The number of rotatable bonds is 8. The molecule has 23 heavy (non-hydrogen) atoms. The first-order valence-electron chi connectivity index (χ1n) is 7.27. The van der Waals surface area contributed by atoms with Crippen LogP contribution in [0.3, 0.4) is 0 Å². The van der Waals surface area contributed by atoms with Crippen molar-refractivity contribution in [2.75, 3.05) is 27.4 Å². The van der Waals surface area contributed by atoms with E-state index < -0.39 is 12.1 Å². The van der Waals surface area contributed by atoms with Gasteiger partial charge in [-0.1, -0.05) is 18.7 Å². The molecule has 0 saturated heterocycles. The zero-order valence-corrected chi connectivity index (χ0v) is 13.9. The molecular formula is C17H26O6. The third-order valence-corrected chi connectivity index (χ3v) is 2.76. The van der Waals surface area contributed by atoms with Gasteiger partial charge in [-0.2, -0.15) is 0 Å². The smallest absolute Gasteiger partial charge is 0.334 e. The molecule has 0 aliphatic rings. The van der Waals surface area contributed by atoms with Gasteiger partial charge in [-0.05, 0) is 37.5 Å². The predicted octanol–water partition coefficient (Wildman–Crippen LogP) is 1.73. The molecule has 0 aliphatic heterocycles. The van der Waals surface area contributed by atoms with Crippen molar-refractivity contribution < 1.29 is 29.2 Å². The molecule has 1 aromatic carbocycles. The van der Waals surface area contributed by atoms with Crippen molar-refractivity contribution in [2.24, 2.45) is 0 Å². The van der Waals surface area contributed by atoms with Crippen molar-refractivity contribution >= 4 is 5.97 Å². The van der Waals surface area contributed by atoms with Crippen molar-refractivity contribution in [3.8, 4) is 11.5 Å². The highest BCUT2D eigenvalue weighted by Crippen LogP contribution is 2.27. The van der Waals surface area contributed by atoms with Crippen molar-refractivity contribution in [1.29, 1.82) is 0 Å². The number of ether oxygens (including phenoxy) is 3. The molecule has 0 amide bonds. The van der Waals surface area contributed by atoms with Gasteiger partial charge in [0.1, 0.15) is 12.7 Å². The van der Waals surface area contributed by atoms with Crippen LogP contribution in [0.25, 0.3) is 0 Å². The van der Waals surface area contributed by atoms with Gasteiger partial charge < -0.3 is 24.4 Å². The van der Waals surface area contributed by atoms with Crippen LogP contribution in [-0.2, 0) is 16.0 Å². The number of carbonyl (C=O) groups excluding carboxylic acids is 1. The maximum absolute atomic E-state index is 10.4. The van der Waals surface area contributed by atoms with Gasteiger partial charge in [0.15, 0.2) is 11.5 Å². The molecule has 0 heterocycles. The van der Waals surface area contributed by atoms with E-state index in [1.165, 1.54) is 13.0 Å². The predicted molar refractivity (Wildman–Crippen MR) is 87.8 cm³/mol. The number of carbonyl (C=O) groups is 1. The summed E-state index contributed by atoms with van der Waals surface area (Å²) in [5.41, 5.74) is 1.15. The summed E-state index contributed by atoms with van der Waals surface area (Å²) in [6.07, 6.45) is 2.04. The van der Waals surface area contributed by atoms with Crippen LogP contribution in [0.4, 0.5) is 0 Å². The van der Waals surface area contributed by atoms with Gasteiger partial charge in [-0.3, -0.25) is 0 Å². The molecule has 0 fully saturated rings. The van der Waals surface area contributed by atoms with Crippen LogP contribution in [0.1, 0.15) is 18.9 Å². The maximum Gasteiger partial charge on any atom is 0.334 e. The third-order valence-electron chi connectivity index (χ3n) is 2.76. The fourth-order valence-corrected chi connectivity index (χ4v) is 1.58. The van der Waals surface area contributed by atoms with Crippen molar-refractivity contribution in [3.05, 3.63) is 36.4 Å². The molecule has 0 saturated carbocycles. The quantitative estimate of drug-likeness (QED) is 0.559. The SMILES string of the molecule is C=CCOC(=O)C(C)O.COc1ccc(CCCO)cc1OC. The fourth-order valence-electron chi connectivity index (χ4n) is 1.58. The summed E-state index contributed by atoms with van der Waals surface area (Å²) in [4.78, 5) is 10.4. The first-order chi connectivity index (χ1) is 11.0. The molecule has 1 rings (SSSR count). The highest BCUT2D eigenvalue weighted by Gasteiger charge is 2.07. The van der Waals surface area contributed by atoms with Crippen LogP contribution >= 0.6 is 0 Å². The molecule has 1 aromatic rings. The van der Waals surface area contributed by atoms with Crippen molar-refractivity contribution in [1.82, 2.24) is 0 Å². The van der Waals surface area contributed by atoms with E-state index in [2.05, 4.69) is 11.3 Å². The largest absolute Gasteiger partial charge is 0.493 e.